The Morgan fingerprint density at radius 3 is 2.44 bits per heavy atom. The lowest BCUT2D eigenvalue weighted by molar-refractivity contribution is -0.129. The summed E-state index contributed by atoms with van der Waals surface area (Å²) in [6.45, 7) is 6.50. The Morgan fingerprint density at radius 2 is 1.84 bits per heavy atom. The fraction of sp³-hybridized carbons (Fsp3) is 0.368. The van der Waals surface area contributed by atoms with Crippen molar-refractivity contribution in [2.45, 2.75) is 33.4 Å². The van der Waals surface area contributed by atoms with E-state index in [2.05, 4.69) is 19.2 Å². The Hall–Kier alpha value is -2.76. The van der Waals surface area contributed by atoms with Crippen LogP contribution < -0.4 is 10.1 Å². The number of benzene rings is 1. The lowest BCUT2D eigenvalue weighted by atomic mass is 10.2. The molecular formula is C19H23NO5. The van der Waals surface area contributed by atoms with E-state index < -0.39 is 12.1 Å². The van der Waals surface area contributed by atoms with Crippen LogP contribution in [0.4, 0.5) is 0 Å². The summed E-state index contributed by atoms with van der Waals surface area (Å²) >= 11 is 0. The summed E-state index contributed by atoms with van der Waals surface area (Å²) < 4.78 is 15.9. The van der Waals surface area contributed by atoms with Gasteiger partial charge in [-0.25, -0.2) is 4.79 Å². The minimum Gasteiger partial charge on any atom is -0.493 e. The van der Waals surface area contributed by atoms with E-state index in [4.69, 9.17) is 13.9 Å². The van der Waals surface area contributed by atoms with Crippen LogP contribution in [0.5, 0.6) is 5.75 Å². The molecule has 0 fully saturated rings. The van der Waals surface area contributed by atoms with Gasteiger partial charge in [0.15, 0.2) is 6.10 Å². The molecule has 1 N–H and O–H groups in total. The first-order chi connectivity index (χ1) is 12.0. The van der Waals surface area contributed by atoms with Crippen LogP contribution >= 0.6 is 0 Å². The maximum absolute atomic E-state index is 12.1. The summed E-state index contributed by atoms with van der Waals surface area (Å²) in [7, 11) is 0. The summed E-state index contributed by atoms with van der Waals surface area (Å²) in [5.74, 6) is 0.793. The van der Waals surface area contributed by atoms with Crippen LogP contribution in [0.25, 0.3) is 0 Å². The number of esters is 1. The lowest BCUT2D eigenvalue weighted by Gasteiger charge is -2.13. The summed E-state index contributed by atoms with van der Waals surface area (Å²) in [6, 6.07) is 10.1. The summed E-state index contributed by atoms with van der Waals surface area (Å²) in [6.07, 6.45) is 0.624. The van der Waals surface area contributed by atoms with Crippen LogP contribution in [-0.2, 0) is 16.1 Å². The van der Waals surface area contributed by atoms with Crippen molar-refractivity contribution in [2.24, 2.45) is 5.92 Å². The number of carbonyl (C=O) groups excluding carboxylic acids is 2. The van der Waals surface area contributed by atoms with Gasteiger partial charge in [-0.1, -0.05) is 13.8 Å². The van der Waals surface area contributed by atoms with Crippen molar-refractivity contribution < 1.29 is 23.5 Å². The van der Waals surface area contributed by atoms with Gasteiger partial charge in [-0.05, 0) is 49.2 Å². The van der Waals surface area contributed by atoms with Gasteiger partial charge < -0.3 is 19.2 Å². The molecule has 0 spiro atoms. The Morgan fingerprint density at radius 1 is 1.12 bits per heavy atom. The highest BCUT2D eigenvalue weighted by molar-refractivity contribution is 5.92. The number of amides is 1. The third-order valence-corrected chi connectivity index (χ3v) is 3.34. The summed E-state index contributed by atoms with van der Waals surface area (Å²) in [5, 5.41) is 2.65. The second kappa shape index (κ2) is 8.92. The first-order valence-electron chi connectivity index (χ1n) is 8.19. The number of hydrogen-bond acceptors (Lipinski definition) is 5. The molecule has 0 bridgehead atoms. The van der Waals surface area contributed by atoms with E-state index in [0.717, 1.165) is 0 Å². The molecule has 0 unspecified atom stereocenters. The SMILES string of the molecule is CC(C)COc1ccc(C(=O)O[C@H](C)C(=O)NCc2ccco2)cc1. The largest absolute Gasteiger partial charge is 0.493 e. The number of nitrogens with one attached hydrogen (secondary N) is 1. The molecule has 2 aromatic rings. The molecule has 0 radical (unpaired) electrons. The zero-order chi connectivity index (χ0) is 18.2. The van der Waals surface area contributed by atoms with E-state index in [1.54, 1.807) is 36.4 Å². The number of carbonyl (C=O) groups is 2. The van der Waals surface area contributed by atoms with Gasteiger partial charge in [0.2, 0.25) is 0 Å². The average molecular weight is 345 g/mol. The van der Waals surface area contributed by atoms with Gasteiger partial charge in [0, 0.05) is 0 Å². The topological polar surface area (TPSA) is 77.8 Å². The van der Waals surface area contributed by atoms with E-state index in [0.29, 0.717) is 29.6 Å². The molecule has 1 amide bonds. The van der Waals surface area contributed by atoms with Crippen molar-refractivity contribution in [3.05, 3.63) is 54.0 Å². The van der Waals surface area contributed by atoms with Crippen LogP contribution in [0.15, 0.2) is 47.1 Å². The maximum Gasteiger partial charge on any atom is 0.338 e. The quantitative estimate of drug-likeness (QED) is 0.744. The molecule has 1 aromatic heterocycles. The zero-order valence-corrected chi connectivity index (χ0v) is 14.7. The third-order valence-electron chi connectivity index (χ3n) is 3.34. The maximum atomic E-state index is 12.1. The Labute approximate surface area is 147 Å². The fourth-order valence-electron chi connectivity index (χ4n) is 1.96. The van der Waals surface area contributed by atoms with Gasteiger partial charge in [0.1, 0.15) is 11.5 Å². The number of hydrogen-bond donors (Lipinski definition) is 1. The van der Waals surface area contributed by atoms with Gasteiger partial charge >= 0.3 is 5.97 Å². The second-order valence-electron chi connectivity index (χ2n) is 6.07. The first-order valence-corrected chi connectivity index (χ1v) is 8.19. The molecule has 134 valence electrons. The highest BCUT2D eigenvalue weighted by atomic mass is 16.5. The summed E-state index contributed by atoms with van der Waals surface area (Å²) in [4.78, 5) is 24.1. The van der Waals surface area contributed by atoms with Crippen LogP contribution in [0.3, 0.4) is 0 Å². The number of furan rings is 1. The van der Waals surface area contributed by atoms with E-state index in [9.17, 15) is 9.59 Å². The first kappa shape index (κ1) is 18.6. The van der Waals surface area contributed by atoms with Crippen LogP contribution in [0.1, 0.15) is 36.9 Å². The molecule has 0 saturated carbocycles. The minimum atomic E-state index is -0.903. The van der Waals surface area contributed by atoms with Crippen molar-refractivity contribution in [1.29, 1.82) is 0 Å². The second-order valence-corrected chi connectivity index (χ2v) is 6.07. The molecular weight excluding hydrogens is 322 g/mol. The fourth-order valence-corrected chi connectivity index (χ4v) is 1.96. The Balaban J connectivity index is 1.82. The molecule has 2 rings (SSSR count). The molecule has 25 heavy (non-hydrogen) atoms. The molecule has 0 aliphatic carbocycles. The van der Waals surface area contributed by atoms with Gasteiger partial charge in [-0.3, -0.25) is 4.79 Å². The number of rotatable bonds is 8. The molecule has 6 nitrogen and oxygen atoms in total. The predicted octanol–water partition coefficient (Wildman–Crippen LogP) is 3.18. The standard InChI is InChI=1S/C19H23NO5/c1-13(2)12-24-16-8-6-15(7-9-16)19(22)25-14(3)18(21)20-11-17-5-4-10-23-17/h4-10,13-14H,11-12H2,1-3H3,(H,20,21)/t14-/m1/s1. The molecule has 0 saturated heterocycles. The zero-order valence-electron chi connectivity index (χ0n) is 14.7. The Bertz CT molecular complexity index is 676. The van der Waals surface area contributed by atoms with E-state index in [1.165, 1.54) is 13.2 Å². The van der Waals surface area contributed by atoms with Gasteiger partial charge in [-0.2, -0.15) is 0 Å². The smallest absolute Gasteiger partial charge is 0.338 e. The van der Waals surface area contributed by atoms with E-state index in [1.807, 2.05) is 0 Å². The molecule has 0 aliphatic rings. The van der Waals surface area contributed by atoms with Crippen molar-refractivity contribution in [3.8, 4) is 5.75 Å². The highest BCUT2D eigenvalue weighted by Crippen LogP contribution is 2.14. The van der Waals surface area contributed by atoms with Crippen molar-refractivity contribution >= 4 is 11.9 Å². The molecule has 1 atom stereocenters. The van der Waals surface area contributed by atoms with Gasteiger partial charge in [0.25, 0.3) is 5.91 Å². The molecule has 6 heteroatoms. The number of ether oxygens (including phenoxy) is 2. The third kappa shape index (κ3) is 5.99. The molecule has 1 aromatic carbocycles. The summed E-state index contributed by atoms with van der Waals surface area (Å²) in [5.41, 5.74) is 0.364. The molecule has 1 heterocycles. The van der Waals surface area contributed by atoms with Crippen LogP contribution in [0.2, 0.25) is 0 Å². The Kier molecular flexibility index (Phi) is 6.62. The molecule has 0 aliphatic heterocycles. The monoisotopic (exact) mass is 345 g/mol. The highest BCUT2D eigenvalue weighted by Gasteiger charge is 2.19. The van der Waals surface area contributed by atoms with Crippen LogP contribution in [0, 0.1) is 5.92 Å². The van der Waals surface area contributed by atoms with Crippen molar-refractivity contribution in [2.75, 3.05) is 6.61 Å². The van der Waals surface area contributed by atoms with Crippen LogP contribution in [-0.4, -0.2) is 24.6 Å². The van der Waals surface area contributed by atoms with Gasteiger partial charge in [0.05, 0.1) is 25.0 Å². The average Bonchev–Trinajstić information content (AvgIpc) is 3.11. The predicted molar refractivity (Wildman–Crippen MR) is 92.2 cm³/mol. The lowest BCUT2D eigenvalue weighted by Crippen LogP contribution is -2.35. The van der Waals surface area contributed by atoms with E-state index >= 15 is 0 Å². The normalized spacial score (nSPS) is 11.8. The van der Waals surface area contributed by atoms with E-state index in [-0.39, 0.29) is 12.5 Å². The minimum absolute atomic E-state index is 0.246. The van der Waals surface area contributed by atoms with Crippen molar-refractivity contribution in [3.63, 3.8) is 0 Å². The van der Waals surface area contributed by atoms with Crippen molar-refractivity contribution in [1.82, 2.24) is 5.32 Å². The van der Waals surface area contributed by atoms with Gasteiger partial charge in [-0.15, -0.1) is 0 Å².